The Kier molecular flexibility index (Phi) is 3.64. The summed E-state index contributed by atoms with van der Waals surface area (Å²) in [6.45, 7) is 1.70. The summed E-state index contributed by atoms with van der Waals surface area (Å²) in [5, 5.41) is 9.67. The van der Waals surface area contributed by atoms with Crippen molar-refractivity contribution < 1.29 is 5.11 Å². The zero-order valence-corrected chi connectivity index (χ0v) is 8.68. The number of hydrogen-bond donors (Lipinski definition) is 1. The van der Waals surface area contributed by atoms with E-state index < -0.39 is 4.84 Å². The van der Waals surface area contributed by atoms with Gasteiger partial charge >= 0.3 is 0 Å². The molecule has 0 aliphatic heterocycles. The average molecular weight is 217 g/mol. The first-order valence-electron chi connectivity index (χ1n) is 3.86. The molecule has 0 unspecified atom stereocenters. The maximum absolute atomic E-state index is 9.67. The second-order valence-corrected chi connectivity index (χ2v) is 3.79. The van der Waals surface area contributed by atoms with E-state index in [-0.39, 0.29) is 5.76 Å². The molecule has 0 aliphatic rings. The van der Waals surface area contributed by atoms with E-state index in [0.29, 0.717) is 5.57 Å². The lowest BCUT2D eigenvalue weighted by atomic mass is 10.1. The summed E-state index contributed by atoms with van der Waals surface area (Å²) >= 11 is 11.2. The minimum Gasteiger partial charge on any atom is -0.507 e. The van der Waals surface area contributed by atoms with Gasteiger partial charge in [-0.2, -0.15) is 0 Å². The molecule has 0 atom stereocenters. The van der Waals surface area contributed by atoms with E-state index >= 15 is 0 Å². The fourth-order valence-corrected chi connectivity index (χ4v) is 1.13. The summed E-state index contributed by atoms with van der Waals surface area (Å²) in [5.74, 6) is 0.149. The number of rotatable bonds is 2. The number of aliphatic hydroxyl groups excluding tert-OH is 1. The van der Waals surface area contributed by atoms with Gasteiger partial charge < -0.3 is 5.11 Å². The smallest absolute Gasteiger partial charge is 0.132 e. The van der Waals surface area contributed by atoms with Crippen LogP contribution in [0, 0.1) is 0 Å². The lowest BCUT2D eigenvalue weighted by Crippen LogP contribution is -1.95. The molecule has 0 saturated carbocycles. The zero-order valence-electron chi connectivity index (χ0n) is 7.17. The number of alkyl halides is 2. The summed E-state index contributed by atoms with van der Waals surface area (Å²) in [4.78, 5) is -0.666. The molecule has 0 fully saturated rings. The third-order valence-corrected chi connectivity index (χ3v) is 2.40. The molecule has 0 aliphatic carbocycles. The maximum Gasteiger partial charge on any atom is 0.132 e. The van der Waals surface area contributed by atoms with Crippen molar-refractivity contribution in [1.29, 1.82) is 0 Å². The van der Waals surface area contributed by atoms with Crippen LogP contribution in [0.1, 0.15) is 12.5 Å². The van der Waals surface area contributed by atoms with Gasteiger partial charge in [-0.25, -0.2) is 0 Å². The molecule has 70 valence electrons. The third kappa shape index (κ3) is 2.64. The Hall–Kier alpha value is -0.660. The molecular weight excluding hydrogens is 207 g/mol. The maximum atomic E-state index is 9.67. The van der Waals surface area contributed by atoms with E-state index in [1.54, 1.807) is 19.1 Å². The van der Waals surface area contributed by atoms with Gasteiger partial charge in [0, 0.05) is 11.1 Å². The molecule has 0 radical (unpaired) electrons. The Labute approximate surface area is 87.6 Å². The summed E-state index contributed by atoms with van der Waals surface area (Å²) in [7, 11) is 0. The molecule has 0 aromatic heterocycles. The monoisotopic (exact) mass is 216 g/mol. The molecule has 1 aromatic carbocycles. The summed E-state index contributed by atoms with van der Waals surface area (Å²) in [6, 6.07) is 9.17. The van der Waals surface area contributed by atoms with Crippen molar-refractivity contribution in [3.8, 4) is 0 Å². The van der Waals surface area contributed by atoms with Gasteiger partial charge in [0.2, 0.25) is 0 Å². The Morgan fingerprint density at radius 2 is 1.77 bits per heavy atom. The van der Waals surface area contributed by atoms with Crippen LogP contribution in [0.4, 0.5) is 0 Å². The Balaban J connectivity index is 3.03. The first-order chi connectivity index (χ1) is 6.13. The predicted octanol–water partition coefficient (Wildman–Crippen LogP) is 3.78. The minimum absolute atomic E-state index is 0.149. The lowest BCUT2D eigenvalue weighted by molar-refractivity contribution is 0.506. The van der Waals surface area contributed by atoms with Crippen molar-refractivity contribution in [2.75, 3.05) is 0 Å². The van der Waals surface area contributed by atoms with Crippen LogP contribution in [0.25, 0.3) is 5.76 Å². The minimum atomic E-state index is -0.666. The van der Waals surface area contributed by atoms with Gasteiger partial charge in [0.15, 0.2) is 0 Å². The highest BCUT2D eigenvalue weighted by molar-refractivity contribution is 6.46. The highest BCUT2D eigenvalue weighted by Crippen LogP contribution is 2.22. The molecule has 1 N–H and O–H groups in total. The molecule has 0 saturated heterocycles. The Morgan fingerprint density at radius 1 is 1.23 bits per heavy atom. The fourth-order valence-electron chi connectivity index (χ4n) is 0.927. The van der Waals surface area contributed by atoms with Crippen LogP contribution in [0.15, 0.2) is 35.9 Å². The molecular formula is C10H10Cl2O. The standard InChI is InChI=1S/C10H10Cl2O/c1-7(10(11)12)9(13)8-5-3-2-4-6-8/h2-6,10,13H,1H3/b9-7-. The van der Waals surface area contributed by atoms with E-state index in [9.17, 15) is 5.11 Å². The summed E-state index contributed by atoms with van der Waals surface area (Å²) in [5.41, 5.74) is 1.29. The van der Waals surface area contributed by atoms with Gasteiger partial charge in [0.25, 0.3) is 0 Å². The van der Waals surface area contributed by atoms with E-state index in [2.05, 4.69) is 0 Å². The van der Waals surface area contributed by atoms with Crippen LogP contribution >= 0.6 is 23.2 Å². The Morgan fingerprint density at radius 3 is 2.23 bits per heavy atom. The van der Waals surface area contributed by atoms with Crippen LogP contribution < -0.4 is 0 Å². The van der Waals surface area contributed by atoms with Gasteiger partial charge in [0.05, 0.1) is 0 Å². The molecule has 1 aromatic rings. The second kappa shape index (κ2) is 4.54. The first-order valence-corrected chi connectivity index (χ1v) is 4.73. The van der Waals surface area contributed by atoms with Crippen LogP contribution in [0.3, 0.4) is 0 Å². The summed E-state index contributed by atoms with van der Waals surface area (Å²) < 4.78 is 0. The predicted molar refractivity (Wildman–Crippen MR) is 57.2 cm³/mol. The van der Waals surface area contributed by atoms with Crippen LogP contribution in [0.5, 0.6) is 0 Å². The molecule has 1 rings (SSSR count). The third-order valence-electron chi connectivity index (χ3n) is 1.75. The van der Waals surface area contributed by atoms with Crippen LogP contribution in [0.2, 0.25) is 0 Å². The number of halogens is 2. The molecule has 13 heavy (non-hydrogen) atoms. The molecule has 0 heterocycles. The van der Waals surface area contributed by atoms with E-state index in [1.165, 1.54) is 0 Å². The highest BCUT2D eigenvalue weighted by atomic mass is 35.5. The first kappa shape index (κ1) is 10.4. The number of benzene rings is 1. The lowest BCUT2D eigenvalue weighted by Gasteiger charge is -2.06. The van der Waals surface area contributed by atoms with Gasteiger partial charge in [0.1, 0.15) is 10.6 Å². The van der Waals surface area contributed by atoms with Gasteiger partial charge in [-0.3, -0.25) is 0 Å². The number of aliphatic hydroxyl groups is 1. The SMILES string of the molecule is C/C(=C(/O)c1ccccc1)C(Cl)Cl. The second-order valence-electron chi connectivity index (χ2n) is 2.70. The molecule has 1 nitrogen and oxygen atoms in total. The molecule has 0 bridgehead atoms. The highest BCUT2D eigenvalue weighted by Gasteiger charge is 2.09. The van der Waals surface area contributed by atoms with Crippen molar-refractivity contribution >= 4 is 29.0 Å². The van der Waals surface area contributed by atoms with Crippen molar-refractivity contribution in [2.45, 2.75) is 11.8 Å². The topological polar surface area (TPSA) is 20.2 Å². The van der Waals surface area contributed by atoms with Crippen molar-refractivity contribution in [1.82, 2.24) is 0 Å². The normalized spacial score (nSPS) is 12.9. The van der Waals surface area contributed by atoms with E-state index in [1.807, 2.05) is 18.2 Å². The van der Waals surface area contributed by atoms with Crippen LogP contribution in [-0.2, 0) is 0 Å². The summed E-state index contributed by atoms with van der Waals surface area (Å²) in [6.07, 6.45) is 0. The van der Waals surface area contributed by atoms with Gasteiger partial charge in [-0.15, -0.1) is 23.2 Å². The van der Waals surface area contributed by atoms with E-state index in [4.69, 9.17) is 23.2 Å². The van der Waals surface area contributed by atoms with Gasteiger partial charge in [-0.1, -0.05) is 30.3 Å². The average Bonchev–Trinajstić information content (AvgIpc) is 2.17. The van der Waals surface area contributed by atoms with Crippen molar-refractivity contribution in [3.05, 3.63) is 41.5 Å². The quantitative estimate of drug-likeness (QED) is 0.590. The molecule has 0 amide bonds. The van der Waals surface area contributed by atoms with Crippen molar-refractivity contribution in [2.24, 2.45) is 0 Å². The number of allylic oxidation sites excluding steroid dienone is 1. The fraction of sp³-hybridized carbons (Fsp3) is 0.200. The zero-order chi connectivity index (χ0) is 9.84. The van der Waals surface area contributed by atoms with Crippen LogP contribution in [-0.4, -0.2) is 9.94 Å². The Bertz CT molecular complexity index is 304. The van der Waals surface area contributed by atoms with E-state index in [0.717, 1.165) is 5.56 Å². The number of hydrogen-bond acceptors (Lipinski definition) is 1. The molecule has 0 spiro atoms. The largest absolute Gasteiger partial charge is 0.507 e. The van der Waals surface area contributed by atoms with Gasteiger partial charge in [-0.05, 0) is 6.92 Å². The van der Waals surface area contributed by atoms with Crippen molar-refractivity contribution in [3.63, 3.8) is 0 Å². The molecule has 3 heteroatoms.